The van der Waals surface area contributed by atoms with Crippen molar-refractivity contribution in [3.05, 3.63) is 70.2 Å². The van der Waals surface area contributed by atoms with Gasteiger partial charge in [0.15, 0.2) is 6.61 Å². The molecule has 0 saturated heterocycles. The molecule has 0 fully saturated rings. The summed E-state index contributed by atoms with van der Waals surface area (Å²) in [5.41, 5.74) is 6.26. The number of hydrogen-bond acceptors (Lipinski definition) is 5. The lowest BCUT2D eigenvalue weighted by atomic mass is 10.1. The lowest BCUT2D eigenvalue weighted by Crippen LogP contribution is -2.39. The molecule has 136 valence electrons. The average Bonchev–Trinajstić information content (AvgIpc) is 2.61. The lowest BCUT2D eigenvalue weighted by Gasteiger charge is -2.14. The Morgan fingerprint density at radius 2 is 1.81 bits per heavy atom. The fraction of sp³-hybridized carbons (Fsp3) is 0.111. The van der Waals surface area contributed by atoms with Crippen LogP contribution in [0, 0.1) is 0 Å². The second kappa shape index (κ2) is 9.70. The number of hydrazine groups is 1. The first-order chi connectivity index (χ1) is 12.5. The number of nitrogens with one attached hydrogen (secondary N) is 2. The molecule has 0 aliphatic carbocycles. The highest BCUT2D eigenvalue weighted by molar-refractivity contribution is 6.35. The number of halogens is 2. The molecule has 26 heavy (non-hydrogen) atoms. The summed E-state index contributed by atoms with van der Waals surface area (Å²) in [5.74, 6) is -1.39. The predicted octanol–water partition coefficient (Wildman–Crippen LogP) is 2.17. The van der Waals surface area contributed by atoms with Crippen molar-refractivity contribution in [2.24, 2.45) is 0 Å². The quantitative estimate of drug-likeness (QED) is 0.670. The summed E-state index contributed by atoms with van der Waals surface area (Å²) in [6.45, 7) is -0.295. The summed E-state index contributed by atoms with van der Waals surface area (Å²) in [4.78, 5) is 22.6. The van der Waals surface area contributed by atoms with Gasteiger partial charge < -0.3 is 14.6 Å². The van der Waals surface area contributed by atoms with Gasteiger partial charge in [0.1, 0.15) is 5.75 Å². The van der Waals surface area contributed by atoms with Crippen molar-refractivity contribution in [3.63, 3.8) is 0 Å². The molecule has 0 heterocycles. The fourth-order valence-corrected chi connectivity index (χ4v) is 2.42. The number of rotatable bonds is 8. The smallest absolute Gasteiger partial charge is 0.276 e. The molecule has 0 atom stereocenters. The van der Waals surface area contributed by atoms with Crippen LogP contribution in [-0.2, 0) is 9.59 Å². The Morgan fingerprint density at radius 1 is 1.08 bits per heavy atom. The van der Waals surface area contributed by atoms with E-state index in [1.54, 1.807) is 36.4 Å². The number of aliphatic carboxylic acids is 1. The molecule has 2 aromatic carbocycles. The second-order valence-corrected chi connectivity index (χ2v) is 5.94. The maximum absolute atomic E-state index is 11.9. The Bertz CT molecular complexity index is 810. The molecule has 8 heteroatoms. The van der Waals surface area contributed by atoms with Gasteiger partial charge in [-0.05, 0) is 23.8 Å². The monoisotopic (exact) mass is 393 g/mol. The van der Waals surface area contributed by atoms with E-state index in [1.807, 2.05) is 6.07 Å². The number of carboxylic acids is 1. The van der Waals surface area contributed by atoms with Crippen molar-refractivity contribution in [2.45, 2.75) is 6.42 Å². The molecule has 6 nitrogen and oxygen atoms in total. The standard InChI is InChI=1S/C18H16Cl2N2O4/c19-13-6-8-16(14(20)10-13)26-11-17(23)22-21-15(7-9-18(24)25)12-4-2-1-3-5-12/h1-8,10,21H,9,11H2,(H,22,23)(H,24,25)/p-1. The van der Waals surface area contributed by atoms with Gasteiger partial charge in [0.25, 0.3) is 5.91 Å². The number of amides is 1. The van der Waals surface area contributed by atoms with E-state index < -0.39 is 11.9 Å². The van der Waals surface area contributed by atoms with Crippen LogP contribution in [-0.4, -0.2) is 18.5 Å². The molecule has 2 aromatic rings. The molecule has 0 aromatic heterocycles. The van der Waals surface area contributed by atoms with Gasteiger partial charge in [-0.15, -0.1) is 0 Å². The molecular weight excluding hydrogens is 379 g/mol. The third kappa shape index (κ3) is 6.31. The van der Waals surface area contributed by atoms with E-state index in [4.69, 9.17) is 27.9 Å². The van der Waals surface area contributed by atoms with E-state index in [9.17, 15) is 14.7 Å². The average molecular weight is 394 g/mol. The van der Waals surface area contributed by atoms with Crippen molar-refractivity contribution < 1.29 is 19.4 Å². The molecule has 0 saturated carbocycles. The first-order valence-corrected chi connectivity index (χ1v) is 8.29. The van der Waals surface area contributed by atoms with Crippen molar-refractivity contribution >= 4 is 40.8 Å². The minimum atomic E-state index is -1.23. The first-order valence-electron chi connectivity index (χ1n) is 7.54. The van der Waals surface area contributed by atoms with Gasteiger partial charge in [-0.1, -0.05) is 59.6 Å². The molecule has 1 amide bonds. The van der Waals surface area contributed by atoms with Gasteiger partial charge in [0.05, 0.1) is 10.7 Å². The summed E-state index contributed by atoms with van der Waals surface area (Å²) in [7, 11) is 0. The lowest BCUT2D eigenvalue weighted by molar-refractivity contribution is -0.304. The van der Waals surface area contributed by atoms with Gasteiger partial charge in [0.2, 0.25) is 0 Å². The van der Waals surface area contributed by atoms with Crippen molar-refractivity contribution in [2.75, 3.05) is 6.61 Å². The maximum atomic E-state index is 11.9. The first kappa shape index (κ1) is 19.6. The normalized spacial score (nSPS) is 10.9. The third-order valence-electron chi connectivity index (χ3n) is 3.15. The van der Waals surface area contributed by atoms with Crippen LogP contribution < -0.4 is 20.7 Å². The van der Waals surface area contributed by atoms with E-state index in [0.717, 1.165) is 0 Å². The minimum absolute atomic E-state index is 0.289. The SMILES string of the molecule is O=C([O-])CC=C(NNC(=O)COc1ccc(Cl)cc1Cl)c1ccccc1. The number of carbonyl (C=O) groups is 2. The fourth-order valence-electron chi connectivity index (χ4n) is 1.95. The van der Waals surface area contributed by atoms with Crippen molar-refractivity contribution in [1.29, 1.82) is 0 Å². The topological polar surface area (TPSA) is 90.5 Å². The van der Waals surface area contributed by atoms with Crippen LogP contribution in [0.15, 0.2) is 54.6 Å². The van der Waals surface area contributed by atoms with Crippen LogP contribution in [0.4, 0.5) is 0 Å². The van der Waals surface area contributed by atoms with Crippen LogP contribution in [0.5, 0.6) is 5.75 Å². The molecule has 0 bridgehead atoms. The van der Waals surface area contributed by atoms with Crippen molar-refractivity contribution in [3.8, 4) is 5.75 Å². The number of carboxylic acid groups (broad SMARTS) is 1. The number of hydrogen-bond donors (Lipinski definition) is 2. The molecule has 0 aliphatic heterocycles. The molecule has 0 unspecified atom stereocenters. The Balaban J connectivity index is 1.94. The summed E-state index contributed by atoms with van der Waals surface area (Å²) in [6, 6.07) is 13.6. The Morgan fingerprint density at radius 3 is 2.46 bits per heavy atom. The maximum Gasteiger partial charge on any atom is 0.276 e. The van der Waals surface area contributed by atoms with Gasteiger partial charge >= 0.3 is 0 Å². The van der Waals surface area contributed by atoms with Crippen LogP contribution in [0.25, 0.3) is 5.70 Å². The Hall–Kier alpha value is -2.70. The van der Waals surface area contributed by atoms with Crippen LogP contribution in [0.3, 0.4) is 0 Å². The third-order valence-corrected chi connectivity index (χ3v) is 3.68. The minimum Gasteiger partial charge on any atom is -0.550 e. The van der Waals surface area contributed by atoms with Gasteiger partial charge in [-0.2, -0.15) is 0 Å². The number of benzene rings is 2. The summed E-state index contributed by atoms with van der Waals surface area (Å²) < 4.78 is 5.32. The van der Waals surface area contributed by atoms with E-state index in [2.05, 4.69) is 10.9 Å². The van der Waals surface area contributed by atoms with Crippen LogP contribution in [0.2, 0.25) is 10.0 Å². The molecule has 0 radical (unpaired) electrons. The molecule has 0 aliphatic rings. The van der Waals surface area contributed by atoms with E-state index >= 15 is 0 Å². The molecule has 2 rings (SSSR count). The second-order valence-electron chi connectivity index (χ2n) is 5.10. The number of carbonyl (C=O) groups excluding carboxylic acids is 2. The molecule has 0 spiro atoms. The highest BCUT2D eigenvalue weighted by Crippen LogP contribution is 2.27. The molecular formula is C18H15Cl2N2O4-. The van der Waals surface area contributed by atoms with Crippen LogP contribution >= 0.6 is 23.2 Å². The Labute approximate surface area is 160 Å². The van der Waals surface area contributed by atoms with Crippen molar-refractivity contribution in [1.82, 2.24) is 10.9 Å². The van der Waals surface area contributed by atoms with E-state index in [-0.39, 0.29) is 18.1 Å². The zero-order valence-corrected chi connectivity index (χ0v) is 15.0. The van der Waals surface area contributed by atoms with Gasteiger partial charge in [-0.25, -0.2) is 0 Å². The molecule has 2 N–H and O–H groups in total. The van der Waals surface area contributed by atoms with E-state index in [1.165, 1.54) is 12.1 Å². The zero-order chi connectivity index (χ0) is 18.9. The summed E-state index contributed by atoms with van der Waals surface area (Å²) in [5, 5.41) is 11.4. The highest BCUT2D eigenvalue weighted by atomic mass is 35.5. The summed E-state index contributed by atoms with van der Waals surface area (Å²) >= 11 is 11.8. The Kier molecular flexibility index (Phi) is 7.32. The highest BCUT2D eigenvalue weighted by Gasteiger charge is 2.08. The van der Waals surface area contributed by atoms with Gasteiger partial charge in [0, 0.05) is 17.4 Å². The predicted molar refractivity (Wildman–Crippen MR) is 97.3 cm³/mol. The van der Waals surface area contributed by atoms with E-state index in [0.29, 0.717) is 22.0 Å². The van der Waals surface area contributed by atoms with Crippen LogP contribution in [0.1, 0.15) is 12.0 Å². The number of ether oxygens (including phenoxy) is 1. The largest absolute Gasteiger partial charge is 0.550 e. The zero-order valence-electron chi connectivity index (χ0n) is 13.5. The summed E-state index contributed by atoms with van der Waals surface area (Å²) in [6.07, 6.45) is 1.10. The van der Waals surface area contributed by atoms with Gasteiger partial charge in [-0.3, -0.25) is 15.6 Å².